The van der Waals surface area contributed by atoms with Crippen molar-refractivity contribution < 1.29 is 39.6 Å². The van der Waals surface area contributed by atoms with E-state index in [1.54, 1.807) is 7.05 Å². The largest absolute Gasteiger partial charge is 0.508 e. The van der Waals surface area contributed by atoms with Crippen LogP contribution in [0.1, 0.15) is 38.3 Å². The number of rotatable bonds is 6. The van der Waals surface area contributed by atoms with E-state index in [2.05, 4.69) is 16.0 Å². The Hall–Kier alpha value is -3.94. The molecule has 0 unspecified atom stereocenters. The summed E-state index contributed by atoms with van der Waals surface area (Å²) >= 11 is 0. The fourth-order valence-electron chi connectivity index (χ4n) is 6.17. The highest BCUT2D eigenvalue weighted by Gasteiger charge is 2.64. The molecule has 0 aromatic heterocycles. The Bertz CT molecular complexity index is 1420. The van der Waals surface area contributed by atoms with Gasteiger partial charge in [-0.25, -0.2) is 0 Å². The van der Waals surface area contributed by atoms with Crippen LogP contribution in [0.5, 0.6) is 5.75 Å². The lowest BCUT2D eigenvalue weighted by molar-refractivity contribution is -0.153. The second-order valence-corrected chi connectivity index (χ2v) is 12.0. The van der Waals surface area contributed by atoms with E-state index >= 15 is 0 Å². The van der Waals surface area contributed by atoms with Gasteiger partial charge < -0.3 is 42.1 Å². The summed E-state index contributed by atoms with van der Waals surface area (Å²) in [5.41, 5.74) is 1.93. The van der Waals surface area contributed by atoms with Crippen molar-refractivity contribution in [3.8, 4) is 5.75 Å². The summed E-state index contributed by atoms with van der Waals surface area (Å²) in [6.07, 6.45) is 0.102. The number of Topliss-reactive ketones (excluding diaryl/α,β-unsaturated/α-hetero) is 2. The number of carbonyl (C=O) groups is 4. The lowest BCUT2D eigenvalue weighted by Gasteiger charge is -2.50. The number of aromatic hydroxyl groups is 1. The molecule has 0 radical (unpaired) electrons. The second kappa shape index (κ2) is 10.2. The zero-order chi connectivity index (χ0) is 30.8. The molecule has 4 atom stereocenters. The molecule has 3 aliphatic carbocycles. The van der Waals surface area contributed by atoms with Gasteiger partial charge in [0, 0.05) is 29.8 Å². The van der Waals surface area contributed by atoms with Crippen LogP contribution in [0.25, 0.3) is 5.76 Å². The van der Waals surface area contributed by atoms with Gasteiger partial charge >= 0.3 is 0 Å². The van der Waals surface area contributed by atoms with E-state index in [1.165, 1.54) is 25.1 Å². The fourth-order valence-corrected chi connectivity index (χ4v) is 6.17. The number of fused-ring (bicyclic) bond motifs is 3. The standard InChI is InChI=1S/C28H37N5O8/c1-27(2,3)31-10-16(34)32-15-9-14(30-4)12-7-11-8-13-20(33(5)6)23(37)19(26(29)40)25(39)28(13,41)24(38)17(11)22(36)18(12)21(15)35/h9,11,13,20,30-31,35-36,39,41H,7-8,10H2,1-6H3,(H2,29,40)(H,32,34)/t11-,13-,20-,28-/m0/s1. The third-order valence-electron chi connectivity index (χ3n) is 8.04. The molecule has 1 saturated carbocycles. The molecule has 13 heteroatoms. The Morgan fingerprint density at radius 1 is 1.15 bits per heavy atom. The van der Waals surface area contributed by atoms with Gasteiger partial charge in [-0.1, -0.05) is 0 Å². The minimum absolute atomic E-state index is 0.0195. The van der Waals surface area contributed by atoms with Crippen LogP contribution in [-0.4, -0.2) is 93.6 Å². The van der Waals surface area contributed by atoms with E-state index in [0.29, 0.717) is 11.3 Å². The molecular formula is C28H37N5O8. The average Bonchev–Trinajstić information content (AvgIpc) is 2.85. The number of nitrogens with two attached hydrogens (primary N) is 1. The van der Waals surface area contributed by atoms with Gasteiger partial charge in [0.25, 0.3) is 5.91 Å². The Balaban J connectivity index is 1.86. The molecule has 2 amide bonds. The van der Waals surface area contributed by atoms with Crippen LogP contribution in [0.4, 0.5) is 11.4 Å². The van der Waals surface area contributed by atoms with Gasteiger partial charge in [-0.15, -0.1) is 0 Å². The first-order valence-corrected chi connectivity index (χ1v) is 13.2. The smallest absolute Gasteiger partial charge is 0.255 e. The highest BCUT2D eigenvalue weighted by Crippen LogP contribution is 2.54. The number of anilines is 2. The highest BCUT2D eigenvalue weighted by atomic mass is 16.3. The summed E-state index contributed by atoms with van der Waals surface area (Å²) in [6.45, 7) is 5.60. The number of benzene rings is 1. The van der Waals surface area contributed by atoms with E-state index in [-0.39, 0.29) is 41.7 Å². The van der Waals surface area contributed by atoms with Crippen molar-refractivity contribution in [2.24, 2.45) is 17.6 Å². The Morgan fingerprint density at radius 3 is 2.32 bits per heavy atom. The van der Waals surface area contributed by atoms with Gasteiger partial charge in [-0.3, -0.25) is 24.1 Å². The molecular weight excluding hydrogens is 534 g/mol. The van der Waals surface area contributed by atoms with Crippen molar-refractivity contribution in [3.63, 3.8) is 0 Å². The van der Waals surface area contributed by atoms with E-state index in [4.69, 9.17) is 5.73 Å². The minimum atomic E-state index is -2.73. The van der Waals surface area contributed by atoms with Crippen LogP contribution in [0.15, 0.2) is 23.0 Å². The molecule has 0 spiro atoms. The maximum Gasteiger partial charge on any atom is 0.255 e. The van der Waals surface area contributed by atoms with Crippen LogP contribution >= 0.6 is 0 Å². The number of aliphatic hydroxyl groups is 3. The first kappa shape index (κ1) is 30.0. The average molecular weight is 572 g/mol. The predicted octanol–water partition coefficient (Wildman–Crippen LogP) is 0.332. The van der Waals surface area contributed by atoms with Crippen molar-refractivity contribution in [2.75, 3.05) is 38.3 Å². The van der Waals surface area contributed by atoms with Gasteiger partial charge in [0.1, 0.15) is 22.8 Å². The molecule has 0 heterocycles. The molecule has 3 aliphatic rings. The SMILES string of the molecule is CNc1cc(NC(=O)CNC(C)(C)C)c(O)c2c1C[C@H]1C[C@H]3[C@H](N(C)C)C(=O)C(C(N)=O)=C(O)[C@@]3(O)C(=O)C1=C2O. The molecule has 13 nitrogen and oxygen atoms in total. The normalized spacial score (nSPS) is 26.0. The quantitative estimate of drug-likeness (QED) is 0.132. The molecule has 1 fully saturated rings. The molecule has 222 valence electrons. The number of hydrogen-bond donors (Lipinski definition) is 8. The van der Waals surface area contributed by atoms with Crippen LogP contribution in [0.2, 0.25) is 0 Å². The predicted molar refractivity (Wildman–Crippen MR) is 150 cm³/mol. The monoisotopic (exact) mass is 571 g/mol. The molecule has 0 aliphatic heterocycles. The number of nitrogens with zero attached hydrogens (tertiary/aromatic N) is 1. The van der Waals surface area contributed by atoms with Gasteiger partial charge in [0.2, 0.25) is 11.7 Å². The molecule has 4 rings (SSSR count). The van der Waals surface area contributed by atoms with Gasteiger partial charge in [-0.05, 0) is 65.3 Å². The third-order valence-corrected chi connectivity index (χ3v) is 8.04. The Labute approximate surface area is 237 Å². The van der Waals surface area contributed by atoms with Gasteiger partial charge in [0.15, 0.2) is 11.4 Å². The number of amides is 2. The van der Waals surface area contributed by atoms with Crippen molar-refractivity contribution >= 4 is 40.5 Å². The first-order valence-electron chi connectivity index (χ1n) is 13.2. The summed E-state index contributed by atoms with van der Waals surface area (Å²) in [5, 5.41) is 54.0. The lowest BCUT2D eigenvalue weighted by atomic mass is 9.57. The number of phenolic OH excluding ortho intramolecular Hbond substituents is 1. The molecule has 41 heavy (non-hydrogen) atoms. The van der Waals surface area contributed by atoms with Gasteiger partial charge in [-0.2, -0.15) is 0 Å². The Kier molecular flexibility index (Phi) is 7.44. The first-order chi connectivity index (χ1) is 18.9. The zero-order valence-electron chi connectivity index (χ0n) is 23.9. The molecule has 9 N–H and O–H groups in total. The van der Waals surface area contributed by atoms with Crippen molar-refractivity contribution in [1.82, 2.24) is 10.2 Å². The van der Waals surface area contributed by atoms with Crippen molar-refractivity contribution in [3.05, 3.63) is 34.1 Å². The zero-order valence-corrected chi connectivity index (χ0v) is 23.9. The number of nitrogens with one attached hydrogen (secondary N) is 3. The van der Waals surface area contributed by atoms with E-state index in [1.807, 2.05) is 20.8 Å². The van der Waals surface area contributed by atoms with E-state index in [9.17, 15) is 39.6 Å². The second-order valence-electron chi connectivity index (χ2n) is 12.0. The summed E-state index contributed by atoms with van der Waals surface area (Å²) in [5.74, 6) is -7.83. The fraction of sp³-hybridized carbons (Fsp3) is 0.500. The van der Waals surface area contributed by atoms with Crippen LogP contribution in [0.3, 0.4) is 0 Å². The summed E-state index contributed by atoms with van der Waals surface area (Å²) < 4.78 is 0. The lowest BCUT2D eigenvalue weighted by Crippen LogP contribution is -2.65. The minimum Gasteiger partial charge on any atom is -0.508 e. The highest BCUT2D eigenvalue weighted by molar-refractivity contribution is 6.24. The Morgan fingerprint density at radius 2 is 1.78 bits per heavy atom. The summed E-state index contributed by atoms with van der Waals surface area (Å²) in [7, 11) is 4.70. The number of phenols is 1. The number of likely N-dealkylation sites (N-methyl/N-ethyl adjacent to an activating group) is 1. The molecule has 1 aromatic carbocycles. The molecule has 0 bridgehead atoms. The third kappa shape index (κ3) is 4.73. The van der Waals surface area contributed by atoms with E-state index in [0.717, 1.165) is 0 Å². The topological polar surface area (TPSA) is 215 Å². The van der Waals surface area contributed by atoms with Crippen molar-refractivity contribution in [2.45, 2.75) is 50.8 Å². The number of hydrogen-bond acceptors (Lipinski definition) is 11. The van der Waals surface area contributed by atoms with Crippen LogP contribution in [0, 0.1) is 11.8 Å². The number of primary amides is 1. The van der Waals surface area contributed by atoms with Crippen LogP contribution < -0.4 is 21.7 Å². The number of ketones is 2. The van der Waals surface area contributed by atoms with Crippen molar-refractivity contribution in [1.29, 1.82) is 0 Å². The number of aliphatic hydroxyl groups excluding tert-OH is 2. The maximum absolute atomic E-state index is 14.0. The van der Waals surface area contributed by atoms with Crippen LogP contribution in [-0.2, 0) is 25.6 Å². The maximum atomic E-state index is 14.0. The molecule has 1 aromatic rings. The number of carbonyl (C=O) groups excluding carboxylic acids is 4. The van der Waals surface area contributed by atoms with E-state index < -0.39 is 69.7 Å². The summed E-state index contributed by atoms with van der Waals surface area (Å²) in [6, 6.07) is 0.354. The molecule has 0 saturated heterocycles. The van der Waals surface area contributed by atoms with Gasteiger partial charge in [0.05, 0.1) is 23.8 Å². The summed E-state index contributed by atoms with van der Waals surface area (Å²) in [4.78, 5) is 53.3.